The fourth-order valence-electron chi connectivity index (χ4n) is 10.2. The van der Waals surface area contributed by atoms with Crippen molar-refractivity contribution in [2.75, 3.05) is 19.8 Å². The molecular weight excluding hydrogens is 1180 g/mol. The minimum atomic E-state index is -3.28. The second-order valence-corrected chi connectivity index (χ2v) is 21.0. The summed E-state index contributed by atoms with van der Waals surface area (Å²) in [5.41, 5.74) is 0.0272. The van der Waals surface area contributed by atoms with Crippen LogP contribution in [-0.4, -0.2) is 219 Å². The molecule has 8 unspecified atom stereocenters. The largest absolute Gasteiger partial charge is 0.463 e. The molecule has 0 aliphatic carbocycles. The number of aliphatic hydroxyl groups excluding tert-OH is 1. The molecule has 4 aliphatic heterocycles. The lowest BCUT2D eigenvalue weighted by Crippen LogP contribution is -2.76. The molecule has 0 aromatic heterocycles. The van der Waals surface area contributed by atoms with E-state index in [0.29, 0.717) is 0 Å². The summed E-state index contributed by atoms with van der Waals surface area (Å²) >= 11 is 0. The van der Waals surface area contributed by atoms with Crippen LogP contribution in [0.2, 0.25) is 0 Å². The van der Waals surface area contributed by atoms with Crippen LogP contribution in [0, 0.1) is 5.92 Å². The minimum absolute atomic E-state index is 0.0272. The van der Waals surface area contributed by atoms with Crippen molar-refractivity contribution in [2.24, 2.45) is 5.92 Å². The highest BCUT2D eigenvalue weighted by molar-refractivity contribution is 5.89. The third kappa shape index (κ3) is 19.0. The van der Waals surface area contributed by atoms with Crippen LogP contribution in [0.25, 0.3) is 0 Å². The summed E-state index contributed by atoms with van der Waals surface area (Å²) in [7, 11) is 0. The molecule has 88 heavy (non-hydrogen) atoms. The number of hydrogen-bond donors (Lipinski definition) is 2. The number of nitrogens with one attached hydrogen (secondary N) is 1. The summed E-state index contributed by atoms with van der Waals surface area (Å²) < 4.78 is 107. The molecule has 5 rings (SSSR count). The SMILES string of the molecule is CC(=O)NC1[C@H](O[C@@H]2C(OC(=O)c3ccccc3)[C@H](C(C)C)OC(COC(C)=O)[C@@H]2OC(C)=O)OC(COC(C)=O)[C@@](OC(C)=O)(O[C@@H]2OC(COC(C)=O)[C@H](OC(C)=O)[C@H](OC(C)=O)C2O[C@@H]2OC(C)[C@H](OC(C)=O)C(OC(C)=O)[C@@H]2OC(C)=O)[C@@H]1O. The van der Waals surface area contributed by atoms with Crippen molar-refractivity contribution in [3.8, 4) is 0 Å². The molecule has 0 radical (unpaired) electrons. The second-order valence-electron chi connectivity index (χ2n) is 21.0. The molecule has 4 fully saturated rings. The Bertz CT molecular complexity index is 2680. The predicted octanol–water partition coefficient (Wildman–Crippen LogP) is 0.0215. The van der Waals surface area contributed by atoms with Crippen molar-refractivity contribution in [1.82, 2.24) is 5.32 Å². The Morgan fingerprint density at radius 3 is 1.42 bits per heavy atom. The average Bonchev–Trinajstić information content (AvgIpc) is 0.752. The van der Waals surface area contributed by atoms with Crippen LogP contribution in [0.1, 0.15) is 107 Å². The van der Waals surface area contributed by atoms with Crippen molar-refractivity contribution >= 4 is 71.6 Å². The van der Waals surface area contributed by atoms with Gasteiger partial charge >= 0.3 is 65.7 Å². The molecular formula is C56H75NO31. The van der Waals surface area contributed by atoms with Crippen molar-refractivity contribution < 1.29 is 148 Å². The van der Waals surface area contributed by atoms with Gasteiger partial charge in [-0.1, -0.05) is 32.0 Å². The quantitative estimate of drug-likeness (QED) is 0.0828. The van der Waals surface area contributed by atoms with E-state index in [0.717, 1.165) is 76.2 Å². The molecule has 4 aliphatic rings. The summed E-state index contributed by atoms with van der Waals surface area (Å²) in [6.45, 7) is 12.7. The molecule has 4 saturated heterocycles. The first-order valence-corrected chi connectivity index (χ1v) is 27.7. The third-order valence-corrected chi connectivity index (χ3v) is 13.4. The normalized spacial score (nSPS) is 32.7. The predicted molar refractivity (Wildman–Crippen MR) is 283 cm³/mol. The van der Waals surface area contributed by atoms with E-state index < -0.39 is 220 Å². The summed E-state index contributed by atoms with van der Waals surface area (Å²) in [5.74, 6) is -16.0. The van der Waals surface area contributed by atoms with Crippen molar-refractivity contribution in [3.05, 3.63) is 35.9 Å². The van der Waals surface area contributed by atoms with E-state index >= 15 is 0 Å². The van der Waals surface area contributed by atoms with Crippen molar-refractivity contribution in [1.29, 1.82) is 0 Å². The molecule has 1 aromatic rings. The van der Waals surface area contributed by atoms with Gasteiger partial charge in [-0.2, -0.15) is 0 Å². The molecule has 1 amide bonds. The highest BCUT2D eigenvalue weighted by atomic mass is 16.8. The van der Waals surface area contributed by atoms with E-state index in [1.54, 1.807) is 32.0 Å². The van der Waals surface area contributed by atoms with Crippen LogP contribution >= 0.6 is 0 Å². The Hall–Kier alpha value is -7.46. The molecule has 32 nitrogen and oxygen atoms in total. The van der Waals surface area contributed by atoms with Crippen LogP contribution in [0.5, 0.6) is 0 Å². The van der Waals surface area contributed by atoms with E-state index in [-0.39, 0.29) is 5.56 Å². The lowest BCUT2D eigenvalue weighted by atomic mass is 9.88. The number of benzene rings is 1. The van der Waals surface area contributed by atoms with Gasteiger partial charge in [0.1, 0.15) is 56.4 Å². The molecule has 32 heteroatoms. The summed E-state index contributed by atoms with van der Waals surface area (Å²) in [6, 6.07) is 5.45. The smallest absolute Gasteiger partial charge is 0.338 e. The topological polar surface area (TPSA) is 403 Å². The Morgan fingerprint density at radius 1 is 0.477 bits per heavy atom. The van der Waals surface area contributed by atoms with Gasteiger partial charge in [-0.25, -0.2) is 4.79 Å². The zero-order valence-electron chi connectivity index (χ0n) is 50.7. The Morgan fingerprint density at radius 2 is 0.932 bits per heavy atom. The van der Waals surface area contributed by atoms with Gasteiger partial charge in [-0.15, -0.1) is 0 Å². The second kappa shape index (κ2) is 31.6. The van der Waals surface area contributed by atoms with Gasteiger partial charge in [0, 0.05) is 76.2 Å². The molecule has 0 saturated carbocycles. The van der Waals surface area contributed by atoms with Crippen LogP contribution in [-0.2, 0) is 138 Å². The fourth-order valence-corrected chi connectivity index (χ4v) is 10.2. The standard InChI is InChI=1S/C56H75NO31/c1-23(2)41-45(84-52(70)36-18-16-15-17-19-36)47(43(76-30(9)63)37(81-41)20-71-26(5)59)85-53-40(57-25(4)58)51(69)56(87-35(14)68,39(83-53)22-73-28(7)61)88-55-50(48(79-33(12)66)44(77-31(10)64)38(82-55)21-72-27(6)60)86-54-49(80-34(13)67)46(78-32(11)65)42(24(3)74-54)75-29(8)62/h15-19,23-24,37-51,53-55,69H,20-22H2,1-14H3,(H,57,58)/t24?,37?,38?,39?,40?,41-,42-,43-,44-,45?,46?,47-,48-,49-,50?,51+,53-,54-,55-,56+/m0/s1. The highest BCUT2D eigenvalue weighted by Gasteiger charge is 2.67. The third-order valence-electron chi connectivity index (χ3n) is 13.4. The van der Waals surface area contributed by atoms with E-state index in [9.17, 15) is 62.6 Å². The van der Waals surface area contributed by atoms with Crippen LogP contribution < -0.4 is 5.32 Å². The number of ether oxygens (including phenoxy) is 18. The van der Waals surface area contributed by atoms with E-state index in [1.165, 1.54) is 19.1 Å². The van der Waals surface area contributed by atoms with Gasteiger partial charge in [0.15, 0.2) is 73.8 Å². The first-order valence-electron chi connectivity index (χ1n) is 27.7. The maximum atomic E-state index is 14.1. The van der Waals surface area contributed by atoms with Crippen LogP contribution in [0.4, 0.5) is 0 Å². The maximum Gasteiger partial charge on any atom is 0.338 e. The number of rotatable bonds is 23. The number of carbonyl (C=O) groups excluding carboxylic acids is 12. The summed E-state index contributed by atoms with van der Waals surface area (Å²) in [6.07, 6.45) is -34.0. The van der Waals surface area contributed by atoms with Gasteiger partial charge in [0.05, 0.1) is 11.7 Å². The van der Waals surface area contributed by atoms with Crippen molar-refractivity contribution in [2.45, 2.75) is 219 Å². The lowest BCUT2D eigenvalue weighted by Gasteiger charge is -2.54. The average molecular weight is 1260 g/mol. The summed E-state index contributed by atoms with van der Waals surface area (Å²) in [4.78, 5) is 156. The summed E-state index contributed by atoms with van der Waals surface area (Å²) in [5, 5.41) is 15.7. The number of carbonyl (C=O) groups is 12. The first kappa shape index (κ1) is 71.3. The zero-order chi connectivity index (χ0) is 65.6. The lowest BCUT2D eigenvalue weighted by molar-refractivity contribution is -0.443. The molecule has 2 N–H and O–H groups in total. The van der Waals surface area contributed by atoms with Crippen molar-refractivity contribution in [3.63, 3.8) is 0 Å². The van der Waals surface area contributed by atoms with Gasteiger partial charge in [0.25, 0.3) is 5.79 Å². The molecule has 0 bridgehead atoms. The number of esters is 11. The van der Waals surface area contributed by atoms with E-state index in [4.69, 9.17) is 85.3 Å². The van der Waals surface area contributed by atoms with E-state index in [2.05, 4.69) is 5.32 Å². The number of amides is 1. The maximum absolute atomic E-state index is 14.1. The number of hydrogen-bond acceptors (Lipinski definition) is 31. The Labute approximate surface area is 504 Å². The highest BCUT2D eigenvalue weighted by Crippen LogP contribution is 2.43. The first-order chi connectivity index (χ1) is 41.2. The van der Waals surface area contributed by atoms with Gasteiger partial charge in [0.2, 0.25) is 5.91 Å². The fraction of sp³-hybridized carbons (Fsp3) is 0.679. The molecule has 1 aromatic carbocycles. The molecule has 490 valence electrons. The number of aliphatic hydroxyl groups is 1. The molecule has 0 spiro atoms. The molecule has 4 heterocycles. The van der Waals surface area contributed by atoms with Gasteiger partial charge in [-0.3, -0.25) is 52.7 Å². The molecule has 20 atom stereocenters. The van der Waals surface area contributed by atoms with Crippen LogP contribution in [0.3, 0.4) is 0 Å². The van der Waals surface area contributed by atoms with Gasteiger partial charge in [-0.05, 0) is 25.0 Å². The Balaban J connectivity index is 1.80. The zero-order valence-corrected chi connectivity index (χ0v) is 50.7. The Kier molecular flexibility index (Phi) is 25.6. The van der Waals surface area contributed by atoms with Gasteiger partial charge < -0.3 is 95.7 Å². The monoisotopic (exact) mass is 1260 g/mol. The van der Waals surface area contributed by atoms with E-state index in [1.807, 2.05) is 0 Å². The minimum Gasteiger partial charge on any atom is -0.463 e. The van der Waals surface area contributed by atoms with Crippen LogP contribution in [0.15, 0.2) is 30.3 Å².